The molecule has 0 spiro atoms. The molecule has 1 aromatic carbocycles. The third-order valence-electron chi connectivity index (χ3n) is 3.83. The quantitative estimate of drug-likeness (QED) is 0.123. The highest BCUT2D eigenvalue weighted by atomic mass is 16.7. The van der Waals surface area contributed by atoms with Crippen LogP contribution in [0.15, 0.2) is 29.4 Å². The Morgan fingerprint density at radius 3 is 2.67 bits per heavy atom. The van der Waals surface area contributed by atoms with Crippen molar-refractivity contribution in [3.8, 4) is 0 Å². The van der Waals surface area contributed by atoms with E-state index in [9.17, 15) is 14.9 Å². The summed E-state index contributed by atoms with van der Waals surface area (Å²) in [6, 6.07) is 7.82. The molecule has 11 heteroatoms. The lowest BCUT2D eigenvalue weighted by Crippen LogP contribution is -2.44. The van der Waals surface area contributed by atoms with Gasteiger partial charge in [-0.1, -0.05) is 18.2 Å². The van der Waals surface area contributed by atoms with Crippen molar-refractivity contribution in [3.63, 3.8) is 0 Å². The van der Waals surface area contributed by atoms with Crippen LogP contribution in [0.2, 0.25) is 0 Å². The van der Waals surface area contributed by atoms with Gasteiger partial charge < -0.3 is 26.8 Å². The summed E-state index contributed by atoms with van der Waals surface area (Å²) >= 11 is 0. The summed E-state index contributed by atoms with van der Waals surface area (Å²) in [5, 5.41) is 21.2. The Kier molecular flexibility index (Phi) is 10.6. The molecule has 0 radical (unpaired) electrons. The first-order chi connectivity index (χ1) is 14.1. The molecule has 0 aliphatic rings. The molecule has 0 bridgehead atoms. The molecule has 1 amide bonds. The topological polar surface area (TPSA) is 170 Å². The van der Waals surface area contributed by atoms with E-state index in [1.165, 1.54) is 0 Å². The number of ether oxygens (including phenoxy) is 1. The Morgan fingerprint density at radius 1 is 1.33 bits per heavy atom. The van der Waals surface area contributed by atoms with Crippen molar-refractivity contribution in [1.82, 2.24) is 10.6 Å². The Labute approximate surface area is 176 Å². The molecule has 168 valence electrons. The summed E-state index contributed by atoms with van der Waals surface area (Å²) in [5.41, 5.74) is 13.2. The largest absolute Gasteiger partial charge is 0.444 e. The molecule has 0 fully saturated rings. The number of nitrogens with one attached hydrogen (secondary N) is 3. The van der Waals surface area contributed by atoms with Gasteiger partial charge in [0.25, 0.3) is 5.96 Å². The number of carbonyl (C=O) groups excluding carboxylic acids is 1. The summed E-state index contributed by atoms with van der Waals surface area (Å²) in [6.07, 6.45) is 1.25. The summed E-state index contributed by atoms with van der Waals surface area (Å²) < 4.78 is 5.07. The summed E-state index contributed by atoms with van der Waals surface area (Å²) in [5.74, 6) is -0.281. The summed E-state index contributed by atoms with van der Waals surface area (Å²) in [6.45, 7) is 6.56. The molecule has 0 saturated heterocycles. The maximum absolute atomic E-state index is 11.8. The number of nitrogens with two attached hydrogens (primary N) is 2. The molecule has 0 heterocycles. The monoisotopic (exact) mass is 423 g/mol. The fourth-order valence-corrected chi connectivity index (χ4v) is 2.57. The van der Waals surface area contributed by atoms with Gasteiger partial charge in [0.2, 0.25) is 0 Å². The highest BCUT2D eigenvalue weighted by molar-refractivity contribution is 5.93. The lowest BCUT2D eigenvalue weighted by molar-refractivity contribution is -0.485. The van der Waals surface area contributed by atoms with Gasteiger partial charge in [0.15, 0.2) is 5.03 Å². The van der Waals surface area contributed by atoms with Crippen LogP contribution in [0.1, 0.15) is 39.2 Å². The maximum Gasteiger partial charge on any atom is 0.414 e. The van der Waals surface area contributed by atoms with Crippen molar-refractivity contribution < 1.29 is 14.6 Å². The van der Waals surface area contributed by atoms with Gasteiger partial charge in [0, 0.05) is 24.8 Å². The number of rotatable bonds is 10. The van der Waals surface area contributed by atoms with E-state index in [1.54, 1.807) is 20.8 Å². The fraction of sp³-hybridized carbons (Fsp3) is 0.579. The number of para-hydroxylation sites is 1. The molecule has 0 aliphatic heterocycles. The van der Waals surface area contributed by atoms with Crippen LogP contribution >= 0.6 is 0 Å². The average Bonchev–Trinajstić information content (AvgIpc) is 2.62. The minimum absolute atomic E-state index is 0.118. The van der Waals surface area contributed by atoms with E-state index in [-0.39, 0.29) is 12.0 Å². The molecule has 11 nitrogen and oxygen atoms in total. The van der Waals surface area contributed by atoms with Crippen LogP contribution < -0.4 is 27.4 Å². The molecule has 7 N–H and O–H groups in total. The summed E-state index contributed by atoms with van der Waals surface area (Å²) in [7, 11) is 0. The van der Waals surface area contributed by atoms with Gasteiger partial charge in [-0.15, -0.1) is 0 Å². The fourth-order valence-electron chi connectivity index (χ4n) is 2.57. The lowest BCUT2D eigenvalue weighted by Gasteiger charge is -2.20. The first-order valence-corrected chi connectivity index (χ1v) is 9.85. The molecule has 0 saturated carbocycles. The summed E-state index contributed by atoms with van der Waals surface area (Å²) in [4.78, 5) is 22.4. The van der Waals surface area contributed by atoms with Gasteiger partial charge in [-0.05, 0) is 58.2 Å². The Balaban J connectivity index is 2.41. The van der Waals surface area contributed by atoms with Gasteiger partial charge in [-0.2, -0.15) is 0 Å². The minimum Gasteiger partial charge on any atom is -0.444 e. The number of guanidine groups is 1. The van der Waals surface area contributed by atoms with E-state index >= 15 is 0 Å². The zero-order valence-corrected chi connectivity index (χ0v) is 17.8. The number of hydrogen-bond acceptors (Lipinski definition) is 7. The van der Waals surface area contributed by atoms with Crippen molar-refractivity contribution in [3.05, 3.63) is 39.9 Å². The highest BCUT2D eigenvalue weighted by Crippen LogP contribution is 2.15. The van der Waals surface area contributed by atoms with Gasteiger partial charge in [0.05, 0.1) is 0 Å². The third-order valence-corrected chi connectivity index (χ3v) is 3.83. The molecular formula is C19H33N7O4. The van der Waals surface area contributed by atoms with Crippen LogP contribution in [-0.2, 0) is 11.2 Å². The molecule has 0 unspecified atom stereocenters. The number of anilines is 1. The Hall–Kier alpha value is -2.92. The van der Waals surface area contributed by atoms with Crippen LogP contribution in [0.4, 0.5) is 10.5 Å². The van der Waals surface area contributed by atoms with Crippen molar-refractivity contribution in [2.75, 3.05) is 25.0 Å². The number of benzene rings is 1. The predicted molar refractivity (Wildman–Crippen MR) is 117 cm³/mol. The second-order valence-corrected chi connectivity index (χ2v) is 7.72. The first-order valence-electron chi connectivity index (χ1n) is 9.85. The smallest absolute Gasteiger partial charge is 0.414 e. The molecule has 0 aromatic heterocycles. The zero-order chi connectivity index (χ0) is 22.6. The van der Waals surface area contributed by atoms with Gasteiger partial charge in [-0.3, -0.25) is 5.32 Å². The van der Waals surface area contributed by atoms with Gasteiger partial charge in [-0.25, -0.2) is 14.9 Å². The zero-order valence-electron chi connectivity index (χ0n) is 17.8. The van der Waals surface area contributed by atoms with Crippen LogP contribution in [0.3, 0.4) is 0 Å². The van der Waals surface area contributed by atoms with E-state index in [4.69, 9.17) is 16.2 Å². The second kappa shape index (κ2) is 12.6. The van der Waals surface area contributed by atoms with E-state index < -0.39 is 16.7 Å². The number of nitrogens with zero attached hydrogens (tertiary/aromatic N) is 2. The van der Waals surface area contributed by atoms with Crippen LogP contribution in [0, 0.1) is 10.1 Å². The van der Waals surface area contributed by atoms with Gasteiger partial charge >= 0.3 is 6.09 Å². The maximum atomic E-state index is 11.8. The van der Waals surface area contributed by atoms with Gasteiger partial charge in [0.1, 0.15) is 10.7 Å². The lowest BCUT2D eigenvalue weighted by atomic mass is 10.1. The van der Waals surface area contributed by atoms with Crippen molar-refractivity contribution >= 4 is 17.7 Å². The van der Waals surface area contributed by atoms with E-state index in [0.717, 1.165) is 17.7 Å². The van der Waals surface area contributed by atoms with Crippen LogP contribution in [0.25, 0.3) is 0 Å². The molecular weight excluding hydrogens is 390 g/mol. The molecule has 1 rings (SSSR count). The first kappa shape index (κ1) is 25.1. The molecule has 0 aliphatic carbocycles. The van der Waals surface area contributed by atoms with Crippen molar-refractivity contribution in [1.29, 1.82) is 0 Å². The van der Waals surface area contributed by atoms with Crippen LogP contribution in [-0.4, -0.2) is 48.4 Å². The Bertz CT molecular complexity index is 719. The van der Waals surface area contributed by atoms with Crippen molar-refractivity contribution in [2.45, 2.75) is 51.7 Å². The molecule has 1 atom stereocenters. The normalized spacial score (nSPS) is 12.8. The standard InChI is InChI=1S/C19H33N7O4/c1-19(2,3)30-18(27)24-17(25-26(28)29)22-12-6-8-15(21)13-23-16-9-5-4-7-14(16)10-11-20/h4-5,7,9,15,23H,6,8,10-13,20-21H2,1-3H3,(H2,22,24,25,27)/t15-/m0/s1. The van der Waals surface area contributed by atoms with E-state index in [2.05, 4.69) is 21.1 Å². The number of hydrazone groups is 1. The Morgan fingerprint density at radius 2 is 2.03 bits per heavy atom. The number of amides is 1. The minimum atomic E-state index is -0.895. The van der Waals surface area contributed by atoms with E-state index in [1.807, 2.05) is 24.3 Å². The predicted octanol–water partition coefficient (Wildman–Crippen LogP) is 1.37. The number of carbonyl (C=O) groups is 1. The molecule has 1 aromatic rings. The number of hydrogen-bond donors (Lipinski definition) is 5. The highest BCUT2D eigenvalue weighted by Gasteiger charge is 2.18. The SMILES string of the molecule is CC(C)(C)OC(=O)NC(=N[N+](=O)[O-])NCCC[C@H](N)CNc1ccccc1CCN. The van der Waals surface area contributed by atoms with Crippen LogP contribution in [0.5, 0.6) is 0 Å². The number of nitro groups is 1. The van der Waals surface area contributed by atoms with E-state index in [0.29, 0.717) is 32.5 Å². The molecule has 30 heavy (non-hydrogen) atoms. The average molecular weight is 424 g/mol. The third kappa shape index (κ3) is 11.2. The second-order valence-electron chi connectivity index (χ2n) is 7.72. The van der Waals surface area contributed by atoms with Crippen molar-refractivity contribution in [2.24, 2.45) is 16.6 Å². The number of alkyl carbamates (subject to hydrolysis) is 1.